The number of pyridine rings is 1. The third kappa shape index (κ3) is 3.43. The Labute approximate surface area is 123 Å². The SMILES string of the molecule is Cc1ccc(C(C)(N)Cc2ccc(Br)cn2)cc1C. The van der Waals surface area contributed by atoms with E-state index in [-0.39, 0.29) is 0 Å². The summed E-state index contributed by atoms with van der Waals surface area (Å²) < 4.78 is 0.987. The van der Waals surface area contributed by atoms with Crippen molar-refractivity contribution in [3.8, 4) is 0 Å². The van der Waals surface area contributed by atoms with Gasteiger partial charge in [0.15, 0.2) is 0 Å². The molecule has 0 radical (unpaired) electrons. The lowest BCUT2D eigenvalue weighted by Crippen LogP contribution is -2.35. The Morgan fingerprint density at radius 1 is 1.16 bits per heavy atom. The summed E-state index contributed by atoms with van der Waals surface area (Å²) in [5.74, 6) is 0. The van der Waals surface area contributed by atoms with Crippen molar-refractivity contribution in [2.24, 2.45) is 5.73 Å². The number of aryl methyl sites for hydroxylation is 2. The van der Waals surface area contributed by atoms with Crippen LogP contribution in [0.1, 0.15) is 29.3 Å². The molecule has 0 amide bonds. The van der Waals surface area contributed by atoms with Crippen LogP contribution in [0.5, 0.6) is 0 Å². The van der Waals surface area contributed by atoms with Crippen LogP contribution in [0.15, 0.2) is 41.0 Å². The molecule has 2 aromatic rings. The lowest BCUT2D eigenvalue weighted by atomic mass is 9.86. The molecule has 0 bridgehead atoms. The zero-order valence-corrected chi connectivity index (χ0v) is 13.2. The van der Waals surface area contributed by atoms with Crippen LogP contribution in [-0.2, 0) is 12.0 Å². The minimum absolute atomic E-state index is 0.403. The first-order chi connectivity index (χ1) is 8.88. The van der Waals surface area contributed by atoms with Gasteiger partial charge in [0.25, 0.3) is 0 Å². The topological polar surface area (TPSA) is 38.9 Å². The summed E-state index contributed by atoms with van der Waals surface area (Å²) in [7, 11) is 0. The molecule has 0 saturated heterocycles. The van der Waals surface area contributed by atoms with E-state index in [9.17, 15) is 0 Å². The quantitative estimate of drug-likeness (QED) is 0.932. The molecular weight excluding hydrogens is 300 g/mol. The second-order valence-electron chi connectivity index (χ2n) is 5.36. The molecule has 0 aliphatic rings. The Bertz CT molecular complexity index is 574. The van der Waals surface area contributed by atoms with Crippen molar-refractivity contribution in [3.05, 3.63) is 63.4 Å². The summed E-state index contributed by atoms with van der Waals surface area (Å²) in [6.07, 6.45) is 2.54. The highest BCUT2D eigenvalue weighted by Crippen LogP contribution is 2.24. The fourth-order valence-corrected chi connectivity index (χ4v) is 2.32. The monoisotopic (exact) mass is 318 g/mol. The van der Waals surface area contributed by atoms with Crippen molar-refractivity contribution in [3.63, 3.8) is 0 Å². The van der Waals surface area contributed by atoms with E-state index in [2.05, 4.69) is 59.9 Å². The van der Waals surface area contributed by atoms with Crippen LogP contribution in [0.3, 0.4) is 0 Å². The van der Waals surface area contributed by atoms with Crippen molar-refractivity contribution in [1.29, 1.82) is 0 Å². The van der Waals surface area contributed by atoms with E-state index >= 15 is 0 Å². The van der Waals surface area contributed by atoms with Gasteiger partial charge in [0.1, 0.15) is 0 Å². The van der Waals surface area contributed by atoms with Crippen LogP contribution in [0.4, 0.5) is 0 Å². The second-order valence-corrected chi connectivity index (χ2v) is 6.28. The van der Waals surface area contributed by atoms with Crippen LogP contribution < -0.4 is 5.73 Å². The Morgan fingerprint density at radius 3 is 2.47 bits per heavy atom. The highest BCUT2D eigenvalue weighted by molar-refractivity contribution is 9.10. The zero-order valence-electron chi connectivity index (χ0n) is 11.6. The molecule has 19 heavy (non-hydrogen) atoms. The first kappa shape index (κ1) is 14.2. The molecule has 0 fully saturated rings. The van der Waals surface area contributed by atoms with E-state index in [0.717, 1.165) is 22.2 Å². The second kappa shape index (κ2) is 5.43. The van der Waals surface area contributed by atoms with E-state index in [1.807, 2.05) is 18.3 Å². The van der Waals surface area contributed by atoms with Gasteiger partial charge in [0.2, 0.25) is 0 Å². The normalized spacial score (nSPS) is 14.2. The van der Waals surface area contributed by atoms with Gasteiger partial charge in [-0.15, -0.1) is 0 Å². The van der Waals surface area contributed by atoms with Gasteiger partial charge in [0, 0.05) is 28.3 Å². The molecule has 0 aliphatic heterocycles. The number of rotatable bonds is 3. The predicted molar refractivity (Wildman–Crippen MR) is 83.1 cm³/mol. The Balaban J connectivity index is 2.26. The molecule has 2 rings (SSSR count). The average Bonchev–Trinajstić information content (AvgIpc) is 2.35. The number of aromatic nitrogens is 1. The summed E-state index contributed by atoms with van der Waals surface area (Å²) in [4.78, 5) is 4.40. The molecule has 0 aliphatic carbocycles. The maximum absolute atomic E-state index is 6.48. The fraction of sp³-hybridized carbons (Fsp3) is 0.312. The smallest absolute Gasteiger partial charge is 0.0437 e. The van der Waals surface area contributed by atoms with Gasteiger partial charge in [-0.25, -0.2) is 0 Å². The number of benzene rings is 1. The van der Waals surface area contributed by atoms with Crippen molar-refractivity contribution >= 4 is 15.9 Å². The van der Waals surface area contributed by atoms with E-state index in [1.165, 1.54) is 11.1 Å². The molecule has 1 atom stereocenters. The molecule has 3 heteroatoms. The van der Waals surface area contributed by atoms with E-state index in [0.29, 0.717) is 0 Å². The van der Waals surface area contributed by atoms with Crippen molar-refractivity contribution in [2.45, 2.75) is 32.7 Å². The highest BCUT2D eigenvalue weighted by atomic mass is 79.9. The molecule has 2 nitrogen and oxygen atoms in total. The molecule has 1 aromatic heterocycles. The molecule has 0 spiro atoms. The van der Waals surface area contributed by atoms with E-state index in [4.69, 9.17) is 5.73 Å². The summed E-state index contributed by atoms with van der Waals surface area (Å²) in [5.41, 5.74) is 10.8. The first-order valence-electron chi connectivity index (χ1n) is 6.35. The lowest BCUT2D eigenvalue weighted by molar-refractivity contribution is 0.484. The van der Waals surface area contributed by atoms with Crippen LogP contribution in [0.2, 0.25) is 0 Å². The average molecular weight is 319 g/mol. The minimum atomic E-state index is -0.403. The summed E-state index contributed by atoms with van der Waals surface area (Å²) in [5, 5.41) is 0. The highest BCUT2D eigenvalue weighted by Gasteiger charge is 2.22. The van der Waals surface area contributed by atoms with Gasteiger partial charge >= 0.3 is 0 Å². The van der Waals surface area contributed by atoms with Gasteiger partial charge in [-0.2, -0.15) is 0 Å². The maximum atomic E-state index is 6.48. The maximum Gasteiger partial charge on any atom is 0.0437 e. The van der Waals surface area contributed by atoms with Crippen molar-refractivity contribution in [1.82, 2.24) is 4.98 Å². The largest absolute Gasteiger partial charge is 0.321 e. The van der Waals surface area contributed by atoms with Gasteiger partial charge < -0.3 is 5.73 Å². The zero-order chi connectivity index (χ0) is 14.0. The van der Waals surface area contributed by atoms with Gasteiger partial charge in [0.05, 0.1) is 0 Å². The molecule has 100 valence electrons. The van der Waals surface area contributed by atoms with Crippen molar-refractivity contribution in [2.75, 3.05) is 0 Å². The molecule has 1 heterocycles. The number of hydrogen-bond acceptors (Lipinski definition) is 2. The Morgan fingerprint density at radius 2 is 1.89 bits per heavy atom. The summed E-state index contributed by atoms with van der Waals surface area (Å²) >= 11 is 3.39. The fourth-order valence-electron chi connectivity index (χ4n) is 2.09. The van der Waals surface area contributed by atoms with Crippen LogP contribution in [0, 0.1) is 13.8 Å². The van der Waals surface area contributed by atoms with Crippen molar-refractivity contribution < 1.29 is 0 Å². The summed E-state index contributed by atoms with van der Waals surface area (Å²) in [6, 6.07) is 10.4. The number of halogens is 1. The molecule has 1 aromatic carbocycles. The van der Waals surface area contributed by atoms with E-state index in [1.54, 1.807) is 0 Å². The Kier molecular flexibility index (Phi) is 4.07. The number of nitrogens with two attached hydrogens (primary N) is 1. The number of hydrogen-bond donors (Lipinski definition) is 1. The third-order valence-electron chi connectivity index (χ3n) is 3.50. The predicted octanol–water partition coefficient (Wildman–Crippen LogP) is 3.88. The van der Waals surface area contributed by atoms with Gasteiger partial charge in [-0.3, -0.25) is 4.98 Å². The molecular formula is C16H19BrN2. The number of nitrogens with zero attached hydrogens (tertiary/aromatic N) is 1. The van der Waals surface area contributed by atoms with E-state index < -0.39 is 5.54 Å². The van der Waals surface area contributed by atoms with Crippen LogP contribution >= 0.6 is 15.9 Å². The standard InChI is InChI=1S/C16H19BrN2/c1-11-4-5-13(8-12(11)2)16(3,18)9-15-7-6-14(17)10-19-15/h4-8,10H,9,18H2,1-3H3. The van der Waals surface area contributed by atoms with Crippen LogP contribution in [-0.4, -0.2) is 4.98 Å². The first-order valence-corrected chi connectivity index (χ1v) is 7.15. The van der Waals surface area contributed by atoms with Gasteiger partial charge in [-0.05, 0) is 65.5 Å². The van der Waals surface area contributed by atoms with Gasteiger partial charge in [-0.1, -0.05) is 18.2 Å². The van der Waals surface area contributed by atoms with Crippen LogP contribution in [0.25, 0.3) is 0 Å². The summed E-state index contributed by atoms with van der Waals surface area (Å²) in [6.45, 7) is 6.29. The Hall–Kier alpha value is -1.19. The third-order valence-corrected chi connectivity index (χ3v) is 3.97. The molecule has 0 saturated carbocycles. The lowest BCUT2D eigenvalue weighted by Gasteiger charge is -2.25. The molecule has 1 unspecified atom stereocenters. The minimum Gasteiger partial charge on any atom is -0.321 e. The molecule has 2 N–H and O–H groups in total.